The first kappa shape index (κ1) is 7.04. The summed E-state index contributed by atoms with van der Waals surface area (Å²) in [6.07, 6.45) is 0. The summed E-state index contributed by atoms with van der Waals surface area (Å²) in [5.41, 5.74) is 1.40. The molecule has 0 saturated carbocycles. The highest BCUT2D eigenvalue weighted by atomic mass is 32.2. The van der Waals surface area contributed by atoms with Crippen LogP contribution in [0.3, 0.4) is 0 Å². The number of anilines is 1. The topological polar surface area (TPSA) is 3.24 Å². The van der Waals surface area contributed by atoms with Gasteiger partial charge in [-0.3, -0.25) is 0 Å². The summed E-state index contributed by atoms with van der Waals surface area (Å²) in [7, 11) is 0. The van der Waals surface area contributed by atoms with E-state index < -0.39 is 0 Å². The van der Waals surface area contributed by atoms with E-state index in [4.69, 9.17) is 0 Å². The van der Waals surface area contributed by atoms with Crippen molar-refractivity contribution in [3.8, 4) is 0 Å². The Bertz CT molecular complexity index is 259. The van der Waals surface area contributed by atoms with Crippen LogP contribution < -0.4 is 4.90 Å². The molecule has 1 nitrogen and oxygen atoms in total. The van der Waals surface area contributed by atoms with Crippen LogP contribution in [-0.2, 0) is 0 Å². The zero-order valence-electron chi connectivity index (χ0n) is 6.58. The number of rotatable bonds is 1. The SMILES string of the molecule is CCN1CSc2ccccc21. The Balaban J connectivity index is 2.39. The molecule has 11 heavy (non-hydrogen) atoms. The van der Waals surface area contributed by atoms with Gasteiger partial charge in [0, 0.05) is 11.4 Å². The zero-order chi connectivity index (χ0) is 7.68. The first-order valence-corrected chi connectivity index (χ1v) is 4.87. The fourth-order valence-corrected chi connectivity index (χ4v) is 2.46. The van der Waals surface area contributed by atoms with Gasteiger partial charge in [-0.1, -0.05) is 12.1 Å². The predicted molar refractivity (Wildman–Crippen MR) is 50.2 cm³/mol. The number of para-hydroxylation sites is 1. The Morgan fingerprint density at radius 1 is 1.45 bits per heavy atom. The van der Waals surface area contributed by atoms with Gasteiger partial charge in [-0.2, -0.15) is 0 Å². The van der Waals surface area contributed by atoms with Crippen LogP contribution in [0.5, 0.6) is 0 Å². The average Bonchev–Trinajstić information content (AvgIpc) is 2.47. The van der Waals surface area contributed by atoms with E-state index in [1.54, 1.807) is 0 Å². The normalized spacial score (nSPS) is 15.2. The van der Waals surface area contributed by atoms with Gasteiger partial charge < -0.3 is 4.90 Å². The molecule has 58 valence electrons. The Hall–Kier alpha value is -0.630. The number of fused-ring (bicyclic) bond motifs is 1. The third-order valence-corrected chi connectivity index (χ3v) is 3.06. The summed E-state index contributed by atoms with van der Waals surface area (Å²) < 4.78 is 0. The zero-order valence-corrected chi connectivity index (χ0v) is 7.40. The molecule has 2 heteroatoms. The van der Waals surface area contributed by atoms with Crippen molar-refractivity contribution in [1.82, 2.24) is 0 Å². The lowest BCUT2D eigenvalue weighted by Gasteiger charge is -2.14. The first-order chi connectivity index (χ1) is 5.42. The van der Waals surface area contributed by atoms with Crippen LogP contribution in [-0.4, -0.2) is 12.4 Å². The Morgan fingerprint density at radius 3 is 3.09 bits per heavy atom. The van der Waals surface area contributed by atoms with Gasteiger partial charge in [0.05, 0.1) is 11.6 Å². The maximum Gasteiger partial charge on any atom is 0.0686 e. The van der Waals surface area contributed by atoms with Crippen molar-refractivity contribution < 1.29 is 0 Å². The third kappa shape index (κ3) is 1.11. The summed E-state index contributed by atoms with van der Waals surface area (Å²) in [6.45, 7) is 3.31. The van der Waals surface area contributed by atoms with Crippen molar-refractivity contribution in [2.45, 2.75) is 11.8 Å². The van der Waals surface area contributed by atoms with Crippen molar-refractivity contribution >= 4 is 17.4 Å². The molecular formula is C9H11NS. The van der Waals surface area contributed by atoms with Crippen LogP contribution in [0.15, 0.2) is 29.2 Å². The van der Waals surface area contributed by atoms with Gasteiger partial charge >= 0.3 is 0 Å². The van der Waals surface area contributed by atoms with Crippen LogP contribution in [0, 0.1) is 0 Å². The fourth-order valence-electron chi connectivity index (χ4n) is 1.32. The third-order valence-electron chi connectivity index (χ3n) is 1.96. The molecule has 0 fully saturated rings. The molecule has 0 aliphatic carbocycles. The van der Waals surface area contributed by atoms with Gasteiger partial charge in [0.2, 0.25) is 0 Å². The van der Waals surface area contributed by atoms with Gasteiger partial charge in [0.1, 0.15) is 0 Å². The van der Waals surface area contributed by atoms with Crippen molar-refractivity contribution in [2.24, 2.45) is 0 Å². The summed E-state index contributed by atoms with van der Waals surface area (Å²) >= 11 is 1.93. The Labute approximate surface area is 71.4 Å². The Morgan fingerprint density at radius 2 is 2.27 bits per heavy atom. The second kappa shape index (κ2) is 2.78. The first-order valence-electron chi connectivity index (χ1n) is 3.88. The Kier molecular flexibility index (Phi) is 1.78. The molecule has 0 N–H and O–H groups in total. The molecule has 0 bridgehead atoms. The number of hydrogen-bond donors (Lipinski definition) is 0. The van der Waals surface area contributed by atoms with E-state index >= 15 is 0 Å². The smallest absolute Gasteiger partial charge is 0.0686 e. The van der Waals surface area contributed by atoms with E-state index in [1.807, 2.05) is 11.8 Å². The van der Waals surface area contributed by atoms with E-state index in [2.05, 4.69) is 36.1 Å². The van der Waals surface area contributed by atoms with Crippen molar-refractivity contribution in [1.29, 1.82) is 0 Å². The van der Waals surface area contributed by atoms with Gasteiger partial charge in [0.25, 0.3) is 0 Å². The molecule has 0 atom stereocenters. The highest BCUT2D eigenvalue weighted by Gasteiger charge is 2.16. The van der Waals surface area contributed by atoms with E-state index in [9.17, 15) is 0 Å². The van der Waals surface area contributed by atoms with Crippen LogP contribution in [0.4, 0.5) is 5.69 Å². The quantitative estimate of drug-likeness (QED) is 0.629. The molecular weight excluding hydrogens is 154 g/mol. The van der Waals surface area contributed by atoms with E-state index in [1.165, 1.54) is 10.6 Å². The lowest BCUT2D eigenvalue weighted by atomic mass is 10.3. The second-order valence-electron chi connectivity index (χ2n) is 2.60. The van der Waals surface area contributed by atoms with Gasteiger partial charge in [-0.25, -0.2) is 0 Å². The van der Waals surface area contributed by atoms with Crippen molar-refractivity contribution in [2.75, 3.05) is 17.3 Å². The summed E-state index contributed by atoms with van der Waals surface area (Å²) in [5, 5.41) is 0. The van der Waals surface area contributed by atoms with E-state index in [0.717, 1.165) is 12.4 Å². The fraction of sp³-hybridized carbons (Fsp3) is 0.333. The molecule has 0 amide bonds. The van der Waals surface area contributed by atoms with Crippen LogP contribution in [0.25, 0.3) is 0 Å². The molecule has 1 heterocycles. The molecule has 0 aromatic heterocycles. The second-order valence-corrected chi connectivity index (χ2v) is 3.58. The lowest BCUT2D eigenvalue weighted by Crippen LogP contribution is -2.17. The van der Waals surface area contributed by atoms with Crippen molar-refractivity contribution in [3.05, 3.63) is 24.3 Å². The minimum atomic E-state index is 1.12. The lowest BCUT2D eigenvalue weighted by molar-refractivity contribution is 0.951. The summed E-state index contributed by atoms with van der Waals surface area (Å²) in [6, 6.07) is 8.59. The van der Waals surface area contributed by atoms with Crippen LogP contribution >= 0.6 is 11.8 Å². The van der Waals surface area contributed by atoms with Gasteiger partial charge in [0.15, 0.2) is 0 Å². The monoisotopic (exact) mass is 165 g/mol. The van der Waals surface area contributed by atoms with Gasteiger partial charge in [-0.15, -0.1) is 11.8 Å². The number of hydrogen-bond acceptors (Lipinski definition) is 2. The molecule has 1 aromatic rings. The molecule has 0 spiro atoms. The molecule has 0 unspecified atom stereocenters. The molecule has 2 rings (SSSR count). The standard InChI is InChI=1S/C9H11NS/c1-2-10-7-11-9-6-4-3-5-8(9)10/h3-6H,2,7H2,1H3. The maximum absolute atomic E-state index is 2.39. The average molecular weight is 165 g/mol. The summed E-state index contributed by atoms with van der Waals surface area (Å²) in [5.74, 6) is 1.12. The van der Waals surface area contributed by atoms with E-state index in [0.29, 0.717) is 0 Å². The molecule has 1 aliphatic rings. The van der Waals surface area contributed by atoms with Crippen LogP contribution in [0.1, 0.15) is 6.92 Å². The molecule has 0 radical (unpaired) electrons. The van der Waals surface area contributed by atoms with Crippen molar-refractivity contribution in [3.63, 3.8) is 0 Å². The largest absolute Gasteiger partial charge is 0.361 e. The van der Waals surface area contributed by atoms with Gasteiger partial charge in [-0.05, 0) is 19.1 Å². The minimum absolute atomic E-state index is 1.12. The summed E-state index contributed by atoms with van der Waals surface area (Å²) in [4.78, 5) is 3.81. The molecule has 1 aliphatic heterocycles. The predicted octanol–water partition coefficient (Wildman–Crippen LogP) is 2.58. The number of nitrogens with zero attached hydrogens (tertiary/aromatic N) is 1. The highest BCUT2D eigenvalue weighted by molar-refractivity contribution is 7.99. The number of benzene rings is 1. The molecule has 0 saturated heterocycles. The highest BCUT2D eigenvalue weighted by Crippen LogP contribution is 2.37. The number of thioether (sulfide) groups is 1. The maximum atomic E-state index is 2.39. The molecule has 1 aromatic carbocycles. The van der Waals surface area contributed by atoms with Crippen LogP contribution in [0.2, 0.25) is 0 Å². The van der Waals surface area contributed by atoms with E-state index in [-0.39, 0.29) is 0 Å². The minimum Gasteiger partial charge on any atom is -0.361 e.